The van der Waals surface area contributed by atoms with Gasteiger partial charge in [0.25, 0.3) is 0 Å². The lowest BCUT2D eigenvalue weighted by molar-refractivity contribution is -0.274. The van der Waals surface area contributed by atoms with E-state index >= 15 is 0 Å². The predicted molar refractivity (Wildman–Crippen MR) is 55.3 cm³/mol. The molecule has 0 aromatic heterocycles. The van der Waals surface area contributed by atoms with Crippen molar-refractivity contribution in [3.63, 3.8) is 0 Å². The van der Waals surface area contributed by atoms with Gasteiger partial charge in [0.2, 0.25) is 0 Å². The van der Waals surface area contributed by atoms with E-state index in [1.807, 2.05) is 6.92 Å². The van der Waals surface area contributed by atoms with Crippen molar-refractivity contribution >= 4 is 12.6 Å². The maximum atomic E-state index is 11.9. The highest BCUT2D eigenvalue weighted by Gasteiger charge is 2.31. The zero-order valence-corrected chi connectivity index (χ0v) is 8.98. The molecule has 0 aliphatic rings. The monoisotopic (exact) mass is 236 g/mol. The van der Waals surface area contributed by atoms with Crippen LogP contribution in [0.15, 0.2) is 24.3 Å². The number of ether oxygens (including phenoxy) is 1. The second-order valence-electron chi connectivity index (χ2n) is 3.25. The van der Waals surface area contributed by atoms with Gasteiger partial charge in [-0.3, -0.25) is 0 Å². The number of thiol groups is 1. The van der Waals surface area contributed by atoms with Crippen LogP contribution in [0.1, 0.15) is 12.5 Å². The first-order valence-corrected chi connectivity index (χ1v) is 4.91. The zero-order chi connectivity index (χ0) is 11.5. The van der Waals surface area contributed by atoms with Crippen molar-refractivity contribution in [3.05, 3.63) is 29.8 Å². The van der Waals surface area contributed by atoms with Crippen molar-refractivity contribution in [2.75, 3.05) is 0 Å². The Bertz CT molecular complexity index is 323. The van der Waals surface area contributed by atoms with Gasteiger partial charge >= 0.3 is 6.36 Å². The molecule has 0 heterocycles. The first-order valence-electron chi connectivity index (χ1n) is 4.39. The molecule has 0 saturated carbocycles. The molecule has 5 heteroatoms. The Kier molecular flexibility index (Phi) is 3.90. The third kappa shape index (κ3) is 4.97. The standard InChI is InChI=1S/C10H11F3OS/c1-7(15)5-8-3-2-4-9(6-8)14-10(11,12)13/h2-4,6-7,15H,5H2,1H3. The minimum absolute atomic E-state index is 0.103. The van der Waals surface area contributed by atoms with Crippen LogP contribution in [0.4, 0.5) is 13.2 Å². The van der Waals surface area contributed by atoms with E-state index in [2.05, 4.69) is 17.4 Å². The number of halogens is 3. The van der Waals surface area contributed by atoms with Crippen LogP contribution in [-0.2, 0) is 6.42 Å². The minimum atomic E-state index is -4.63. The van der Waals surface area contributed by atoms with Gasteiger partial charge in [0.15, 0.2) is 0 Å². The SMILES string of the molecule is CC(S)Cc1cccc(OC(F)(F)F)c1. The van der Waals surface area contributed by atoms with Crippen molar-refractivity contribution in [2.45, 2.75) is 25.0 Å². The van der Waals surface area contributed by atoms with Crippen LogP contribution >= 0.6 is 12.6 Å². The fraction of sp³-hybridized carbons (Fsp3) is 0.400. The number of benzene rings is 1. The van der Waals surface area contributed by atoms with E-state index < -0.39 is 6.36 Å². The van der Waals surface area contributed by atoms with Crippen LogP contribution in [0.5, 0.6) is 5.75 Å². The van der Waals surface area contributed by atoms with Crippen LogP contribution in [0.2, 0.25) is 0 Å². The van der Waals surface area contributed by atoms with E-state index in [0.29, 0.717) is 6.42 Å². The van der Waals surface area contributed by atoms with Gasteiger partial charge in [0, 0.05) is 5.25 Å². The van der Waals surface area contributed by atoms with E-state index in [0.717, 1.165) is 5.56 Å². The Morgan fingerprint density at radius 1 is 1.40 bits per heavy atom. The lowest BCUT2D eigenvalue weighted by Gasteiger charge is -2.10. The second kappa shape index (κ2) is 4.79. The van der Waals surface area contributed by atoms with Gasteiger partial charge in [-0.2, -0.15) is 12.6 Å². The van der Waals surface area contributed by atoms with E-state index in [-0.39, 0.29) is 11.0 Å². The molecule has 1 aromatic rings. The second-order valence-corrected chi connectivity index (χ2v) is 4.13. The van der Waals surface area contributed by atoms with Crippen molar-refractivity contribution in [3.8, 4) is 5.75 Å². The molecule has 0 amide bonds. The third-order valence-electron chi connectivity index (χ3n) is 1.66. The average molecular weight is 236 g/mol. The Hall–Kier alpha value is -0.840. The minimum Gasteiger partial charge on any atom is -0.406 e. The molecule has 0 fully saturated rings. The molecule has 1 rings (SSSR count). The molecule has 0 bridgehead atoms. The predicted octanol–water partition coefficient (Wildman–Crippen LogP) is 3.45. The van der Waals surface area contributed by atoms with E-state index in [9.17, 15) is 13.2 Å². The maximum absolute atomic E-state index is 11.9. The van der Waals surface area contributed by atoms with Crippen LogP contribution in [-0.4, -0.2) is 11.6 Å². The summed E-state index contributed by atoms with van der Waals surface area (Å²) in [7, 11) is 0. The molecular formula is C10H11F3OS. The van der Waals surface area contributed by atoms with Crippen LogP contribution in [0.25, 0.3) is 0 Å². The highest BCUT2D eigenvalue weighted by Crippen LogP contribution is 2.23. The normalized spacial score (nSPS) is 13.7. The fourth-order valence-corrected chi connectivity index (χ4v) is 1.42. The molecule has 0 aliphatic heterocycles. The Balaban J connectivity index is 2.74. The molecule has 1 aromatic carbocycles. The highest BCUT2D eigenvalue weighted by atomic mass is 32.1. The molecule has 0 aliphatic carbocycles. The first kappa shape index (κ1) is 12.2. The summed E-state index contributed by atoms with van der Waals surface area (Å²) >= 11 is 4.17. The molecule has 84 valence electrons. The molecule has 0 saturated heterocycles. The van der Waals surface area contributed by atoms with Gasteiger partial charge in [-0.25, -0.2) is 0 Å². The summed E-state index contributed by atoms with van der Waals surface area (Å²) in [5, 5.41) is 0.103. The van der Waals surface area contributed by atoms with Gasteiger partial charge in [-0.15, -0.1) is 13.2 Å². The lowest BCUT2D eigenvalue weighted by atomic mass is 10.1. The summed E-state index contributed by atoms with van der Waals surface area (Å²) in [6.45, 7) is 1.88. The molecule has 0 spiro atoms. The summed E-state index contributed by atoms with van der Waals surface area (Å²) in [5.41, 5.74) is 0.777. The van der Waals surface area contributed by atoms with Gasteiger partial charge in [0.1, 0.15) is 5.75 Å². The summed E-state index contributed by atoms with van der Waals surface area (Å²) in [5.74, 6) is -0.186. The largest absolute Gasteiger partial charge is 0.573 e. The van der Waals surface area contributed by atoms with Gasteiger partial charge in [-0.1, -0.05) is 19.1 Å². The summed E-state index contributed by atoms with van der Waals surface area (Å²) in [6, 6.07) is 5.93. The van der Waals surface area contributed by atoms with E-state index in [4.69, 9.17) is 0 Å². The Morgan fingerprint density at radius 3 is 2.60 bits per heavy atom. The number of rotatable bonds is 3. The topological polar surface area (TPSA) is 9.23 Å². The van der Waals surface area contributed by atoms with Crippen LogP contribution in [0, 0.1) is 0 Å². The highest BCUT2D eigenvalue weighted by molar-refractivity contribution is 7.80. The van der Waals surface area contributed by atoms with Crippen molar-refractivity contribution in [1.82, 2.24) is 0 Å². The average Bonchev–Trinajstić information content (AvgIpc) is 1.99. The number of alkyl halides is 3. The lowest BCUT2D eigenvalue weighted by Crippen LogP contribution is -2.17. The van der Waals surface area contributed by atoms with E-state index in [1.165, 1.54) is 18.2 Å². The molecule has 1 nitrogen and oxygen atoms in total. The zero-order valence-electron chi connectivity index (χ0n) is 8.08. The van der Waals surface area contributed by atoms with Crippen LogP contribution in [0.3, 0.4) is 0 Å². The number of hydrogen-bond acceptors (Lipinski definition) is 2. The summed E-state index contributed by atoms with van der Waals surface area (Å²) < 4.78 is 39.5. The molecule has 15 heavy (non-hydrogen) atoms. The van der Waals surface area contributed by atoms with E-state index in [1.54, 1.807) is 6.07 Å². The van der Waals surface area contributed by atoms with Gasteiger partial charge in [0.05, 0.1) is 0 Å². The van der Waals surface area contributed by atoms with Crippen molar-refractivity contribution in [1.29, 1.82) is 0 Å². The summed E-state index contributed by atoms with van der Waals surface area (Å²) in [4.78, 5) is 0. The summed E-state index contributed by atoms with van der Waals surface area (Å²) in [6.07, 6.45) is -4.02. The smallest absolute Gasteiger partial charge is 0.406 e. The van der Waals surface area contributed by atoms with Crippen LogP contribution < -0.4 is 4.74 Å². The first-order chi connectivity index (χ1) is 6.87. The van der Waals surface area contributed by atoms with Crippen molar-refractivity contribution < 1.29 is 17.9 Å². The Labute approximate surface area is 91.7 Å². The molecule has 1 atom stereocenters. The molecular weight excluding hydrogens is 225 g/mol. The van der Waals surface area contributed by atoms with Crippen molar-refractivity contribution in [2.24, 2.45) is 0 Å². The fourth-order valence-electron chi connectivity index (χ4n) is 1.21. The van der Waals surface area contributed by atoms with Gasteiger partial charge in [-0.05, 0) is 24.1 Å². The third-order valence-corrected chi connectivity index (χ3v) is 1.85. The quantitative estimate of drug-likeness (QED) is 0.791. The molecule has 0 radical (unpaired) electrons. The Morgan fingerprint density at radius 2 is 2.07 bits per heavy atom. The maximum Gasteiger partial charge on any atom is 0.573 e. The van der Waals surface area contributed by atoms with Gasteiger partial charge < -0.3 is 4.74 Å². The molecule has 1 unspecified atom stereocenters. The molecule has 0 N–H and O–H groups in total. The number of hydrogen-bond donors (Lipinski definition) is 1.